The molecular weight excluding hydrogens is 120 g/mol. The minimum Gasteiger partial charge on any atom is -0.333 e. The number of hydrogen-bond acceptors (Lipinski definition) is 3. The predicted molar refractivity (Wildman–Crippen MR) is 32.5 cm³/mol. The maximum Gasteiger partial charge on any atom is 0.227 e. The minimum absolute atomic E-state index is 0.148. The van der Waals surface area contributed by atoms with Gasteiger partial charge in [-0.25, -0.2) is 0 Å². The van der Waals surface area contributed by atoms with Gasteiger partial charge in [0, 0.05) is 12.8 Å². The molecule has 4 heteroatoms. The van der Waals surface area contributed by atoms with Gasteiger partial charge in [0.15, 0.2) is 0 Å². The Kier molecular flexibility index (Phi) is 3.62. The van der Waals surface area contributed by atoms with Gasteiger partial charge in [-0.1, -0.05) is 0 Å². The van der Waals surface area contributed by atoms with E-state index in [-0.39, 0.29) is 11.8 Å². The lowest BCUT2D eigenvalue weighted by molar-refractivity contribution is -0.124. The number of rotatable bonds is 0. The van der Waals surface area contributed by atoms with E-state index in [0.717, 1.165) is 0 Å². The molecule has 1 saturated heterocycles. The third-order valence-electron chi connectivity index (χ3n) is 0.858. The summed E-state index contributed by atoms with van der Waals surface area (Å²) < 4.78 is 0. The monoisotopic (exact) mass is 130 g/mol. The number of imide groups is 1. The predicted octanol–water partition coefficient (Wildman–Crippen LogP) is -1.00. The summed E-state index contributed by atoms with van der Waals surface area (Å²) in [5.41, 5.74) is 4.50. The number of hydrogen-bond donors (Lipinski definition) is 2. The first kappa shape index (κ1) is 8.10. The van der Waals surface area contributed by atoms with Crippen molar-refractivity contribution in [3.05, 3.63) is 0 Å². The van der Waals surface area contributed by atoms with Crippen LogP contribution in [0.2, 0.25) is 0 Å². The molecule has 0 aromatic heterocycles. The molecule has 0 radical (unpaired) electrons. The summed E-state index contributed by atoms with van der Waals surface area (Å²) in [6.07, 6.45) is 0.748. The molecule has 0 bridgehead atoms. The summed E-state index contributed by atoms with van der Waals surface area (Å²) in [4.78, 5) is 20.2. The van der Waals surface area contributed by atoms with Crippen LogP contribution in [0.1, 0.15) is 12.8 Å². The van der Waals surface area contributed by atoms with Crippen LogP contribution in [0.15, 0.2) is 0 Å². The standard InChI is InChI=1S/C4H5NO2.CH5N/c6-3-1-2-4(7)5-3;1-2/h1-2H2,(H,5,6,7);2H2,1H3. The largest absolute Gasteiger partial charge is 0.333 e. The molecule has 0 saturated carbocycles. The van der Waals surface area contributed by atoms with Crippen molar-refractivity contribution >= 4 is 11.8 Å². The highest BCUT2D eigenvalue weighted by Crippen LogP contribution is 1.95. The third kappa shape index (κ3) is 2.81. The van der Waals surface area contributed by atoms with Crippen LogP contribution in [-0.4, -0.2) is 18.9 Å². The van der Waals surface area contributed by atoms with Gasteiger partial charge < -0.3 is 5.73 Å². The first-order valence-electron chi connectivity index (χ1n) is 2.69. The summed E-state index contributed by atoms with van der Waals surface area (Å²) >= 11 is 0. The molecule has 9 heavy (non-hydrogen) atoms. The average molecular weight is 130 g/mol. The van der Waals surface area contributed by atoms with E-state index < -0.39 is 0 Å². The van der Waals surface area contributed by atoms with Crippen LogP contribution < -0.4 is 11.1 Å². The van der Waals surface area contributed by atoms with Gasteiger partial charge in [0.2, 0.25) is 11.8 Å². The summed E-state index contributed by atoms with van der Waals surface area (Å²) in [7, 11) is 1.50. The molecule has 1 rings (SSSR count). The highest BCUT2D eigenvalue weighted by atomic mass is 16.2. The van der Waals surface area contributed by atoms with Crippen LogP contribution >= 0.6 is 0 Å². The van der Waals surface area contributed by atoms with Gasteiger partial charge in [0.25, 0.3) is 0 Å². The Morgan fingerprint density at radius 2 is 1.56 bits per heavy atom. The zero-order valence-corrected chi connectivity index (χ0v) is 5.31. The van der Waals surface area contributed by atoms with Crippen molar-refractivity contribution in [2.24, 2.45) is 5.73 Å². The molecule has 1 heterocycles. The van der Waals surface area contributed by atoms with Crippen molar-refractivity contribution in [3.8, 4) is 0 Å². The van der Waals surface area contributed by atoms with Gasteiger partial charge in [-0.15, -0.1) is 0 Å². The maximum absolute atomic E-state index is 10.1. The Bertz CT molecular complexity index is 108. The lowest BCUT2D eigenvalue weighted by Crippen LogP contribution is -2.18. The molecule has 52 valence electrons. The van der Waals surface area contributed by atoms with E-state index in [0.29, 0.717) is 12.8 Å². The molecule has 1 aliphatic rings. The number of nitrogens with one attached hydrogen (secondary N) is 1. The van der Waals surface area contributed by atoms with Crippen LogP contribution in [0, 0.1) is 0 Å². The fourth-order valence-electron chi connectivity index (χ4n) is 0.508. The summed E-state index contributed by atoms with van der Waals surface area (Å²) in [5.74, 6) is -0.296. The molecule has 0 aromatic carbocycles. The molecule has 1 fully saturated rings. The normalized spacial score (nSPS) is 16.2. The van der Waals surface area contributed by atoms with Gasteiger partial charge in [0.1, 0.15) is 0 Å². The molecule has 1 aliphatic heterocycles. The van der Waals surface area contributed by atoms with Crippen LogP contribution in [0.25, 0.3) is 0 Å². The van der Waals surface area contributed by atoms with E-state index in [1.807, 2.05) is 0 Å². The van der Waals surface area contributed by atoms with Crippen molar-refractivity contribution in [2.75, 3.05) is 7.05 Å². The van der Waals surface area contributed by atoms with Crippen LogP contribution in [0.4, 0.5) is 0 Å². The Hall–Kier alpha value is -0.900. The molecule has 3 N–H and O–H groups in total. The first-order valence-corrected chi connectivity index (χ1v) is 2.69. The third-order valence-corrected chi connectivity index (χ3v) is 0.858. The van der Waals surface area contributed by atoms with E-state index in [2.05, 4.69) is 11.1 Å². The Labute approximate surface area is 53.4 Å². The topological polar surface area (TPSA) is 72.2 Å². The molecule has 0 aliphatic carbocycles. The van der Waals surface area contributed by atoms with Crippen LogP contribution in [0.5, 0.6) is 0 Å². The second-order valence-electron chi connectivity index (χ2n) is 1.47. The van der Waals surface area contributed by atoms with Gasteiger partial charge in [-0.3, -0.25) is 14.9 Å². The smallest absolute Gasteiger partial charge is 0.227 e. The van der Waals surface area contributed by atoms with Crippen molar-refractivity contribution in [1.82, 2.24) is 5.32 Å². The fourth-order valence-corrected chi connectivity index (χ4v) is 0.508. The number of amides is 2. The second kappa shape index (κ2) is 4.03. The van der Waals surface area contributed by atoms with Crippen molar-refractivity contribution < 1.29 is 9.59 Å². The molecule has 2 amide bonds. The minimum atomic E-state index is -0.148. The fraction of sp³-hybridized carbons (Fsp3) is 0.600. The first-order chi connectivity index (χ1) is 4.29. The summed E-state index contributed by atoms with van der Waals surface area (Å²) in [5, 5.41) is 2.14. The molecular formula is C5H10N2O2. The number of carbonyl (C=O) groups excluding carboxylic acids is 2. The molecule has 0 unspecified atom stereocenters. The Morgan fingerprint density at radius 1 is 1.22 bits per heavy atom. The zero-order chi connectivity index (χ0) is 7.28. The van der Waals surface area contributed by atoms with Crippen LogP contribution in [0.3, 0.4) is 0 Å². The highest BCUT2D eigenvalue weighted by Gasteiger charge is 2.15. The SMILES string of the molecule is CN.O=C1CCC(=O)N1. The van der Waals surface area contributed by atoms with E-state index in [9.17, 15) is 9.59 Å². The molecule has 4 nitrogen and oxygen atoms in total. The van der Waals surface area contributed by atoms with Gasteiger partial charge in [0.05, 0.1) is 0 Å². The average Bonchev–Trinajstić information content (AvgIpc) is 2.20. The highest BCUT2D eigenvalue weighted by molar-refractivity contribution is 6.01. The molecule has 0 spiro atoms. The zero-order valence-electron chi connectivity index (χ0n) is 5.31. The van der Waals surface area contributed by atoms with Crippen molar-refractivity contribution in [2.45, 2.75) is 12.8 Å². The molecule has 0 atom stereocenters. The Morgan fingerprint density at radius 3 is 1.67 bits per heavy atom. The van der Waals surface area contributed by atoms with E-state index in [4.69, 9.17) is 0 Å². The van der Waals surface area contributed by atoms with Crippen molar-refractivity contribution in [1.29, 1.82) is 0 Å². The van der Waals surface area contributed by atoms with Crippen LogP contribution in [-0.2, 0) is 9.59 Å². The van der Waals surface area contributed by atoms with Gasteiger partial charge >= 0.3 is 0 Å². The quantitative estimate of drug-likeness (QED) is 0.413. The van der Waals surface area contributed by atoms with E-state index in [1.165, 1.54) is 7.05 Å². The summed E-state index contributed by atoms with van der Waals surface area (Å²) in [6, 6.07) is 0. The van der Waals surface area contributed by atoms with Crippen molar-refractivity contribution in [3.63, 3.8) is 0 Å². The number of carbonyl (C=O) groups is 2. The Balaban J connectivity index is 0.000000291. The lowest BCUT2D eigenvalue weighted by atomic mass is 10.4. The molecule has 0 aromatic rings. The van der Waals surface area contributed by atoms with E-state index in [1.54, 1.807) is 0 Å². The number of nitrogens with two attached hydrogens (primary N) is 1. The van der Waals surface area contributed by atoms with E-state index >= 15 is 0 Å². The summed E-state index contributed by atoms with van der Waals surface area (Å²) in [6.45, 7) is 0. The maximum atomic E-state index is 10.1. The lowest BCUT2D eigenvalue weighted by Gasteiger charge is -1.79. The van der Waals surface area contributed by atoms with Gasteiger partial charge in [-0.2, -0.15) is 0 Å². The second-order valence-corrected chi connectivity index (χ2v) is 1.47. The van der Waals surface area contributed by atoms with Gasteiger partial charge in [-0.05, 0) is 7.05 Å².